The minimum Gasteiger partial charge on any atom is -0.497 e. The molecule has 2 aromatic rings. The molecule has 0 radical (unpaired) electrons. The van der Waals surface area contributed by atoms with Crippen LogP contribution in [0.5, 0.6) is 11.5 Å². The molecular formula is C20H20N2O3S. The number of ether oxygens (including phenoxy) is 2. The lowest BCUT2D eigenvalue weighted by atomic mass is 10.1. The van der Waals surface area contributed by atoms with Crippen LogP contribution in [0.15, 0.2) is 54.2 Å². The van der Waals surface area contributed by atoms with E-state index in [0.29, 0.717) is 22.2 Å². The molecule has 1 fully saturated rings. The van der Waals surface area contributed by atoms with Gasteiger partial charge in [0, 0.05) is 11.6 Å². The Morgan fingerprint density at radius 1 is 1.15 bits per heavy atom. The van der Waals surface area contributed by atoms with Gasteiger partial charge in [0.2, 0.25) is 0 Å². The number of nitrogens with one attached hydrogen (secondary N) is 1. The molecule has 5 nitrogen and oxygen atoms in total. The average molecular weight is 368 g/mol. The molecule has 0 aromatic heterocycles. The number of amides is 1. The van der Waals surface area contributed by atoms with E-state index < -0.39 is 0 Å². The molecule has 3 rings (SSSR count). The van der Waals surface area contributed by atoms with Gasteiger partial charge in [-0.1, -0.05) is 24.3 Å². The fourth-order valence-corrected chi connectivity index (χ4v) is 2.93. The van der Waals surface area contributed by atoms with Crippen LogP contribution in [-0.2, 0) is 4.79 Å². The second-order valence-electron chi connectivity index (χ2n) is 6.03. The number of hydrogen-bond acceptors (Lipinski definition) is 4. The monoisotopic (exact) mass is 368 g/mol. The molecule has 134 valence electrons. The summed E-state index contributed by atoms with van der Waals surface area (Å²) in [6.45, 7) is 3.92. The molecule has 26 heavy (non-hydrogen) atoms. The second-order valence-corrected chi connectivity index (χ2v) is 6.42. The minimum atomic E-state index is -0.220. The summed E-state index contributed by atoms with van der Waals surface area (Å²) in [7, 11) is 1.58. The topological polar surface area (TPSA) is 50.8 Å². The third-order valence-corrected chi connectivity index (χ3v) is 4.06. The van der Waals surface area contributed by atoms with E-state index in [4.69, 9.17) is 21.7 Å². The van der Waals surface area contributed by atoms with Gasteiger partial charge in [0.05, 0.1) is 18.9 Å². The number of carbonyl (C=O) groups is 1. The Kier molecular flexibility index (Phi) is 5.23. The Morgan fingerprint density at radius 2 is 1.92 bits per heavy atom. The van der Waals surface area contributed by atoms with E-state index in [0.717, 1.165) is 11.3 Å². The van der Waals surface area contributed by atoms with Crippen molar-refractivity contribution in [3.63, 3.8) is 0 Å². The molecule has 0 bridgehead atoms. The van der Waals surface area contributed by atoms with Crippen molar-refractivity contribution in [2.45, 2.75) is 20.0 Å². The molecule has 0 saturated carbocycles. The standard InChI is InChI=1S/C20H20N2O3S/c1-13(2)25-18-10-5-4-7-14(18)11-17-19(23)22(20(26)21-17)15-8-6-9-16(12-15)24-3/h4-13H,1-3H3,(H,21,26). The van der Waals surface area contributed by atoms with Crippen LogP contribution >= 0.6 is 12.2 Å². The third-order valence-electron chi connectivity index (χ3n) is 3.77. The van der Waals surface area contributed by atoms with Gasteiger partial charge < -0.3 is 14.8 Å². The minimum absolute atomic E-state index is 0.0381. The van der Waals surface area contributed by atoms with Gasteiger partial charge in [-0.15, -0.1) is 0 Å². The molecule has 6 heteroatoms. The molecule has 1 aliphatic rings. The zero-order chi connectivity index (χ0) is 18.7. The first-order valence-corrected chi connectivity index (χ1v) is 8.67. The summed E-state index contributed by atoms with van der Waals surface area (Å²) in [5, 5.41) is 3.32. The van der Waals surface area contributed by atoms with Gasteiger partial charge in [-0.25, -0.2) is 0 Å². The molecule has 0 aliphatic carbocycles. The van der Waals surface area contributed by atoms with E-state index in [-0.39, 0.29) is 12.0 Å². The van der Waals surface area contributed by atoms with Crippen molar-refractivity contribution in [1.29, 1.82) is 0 Å². The lowest BCUT2D eigenvalue weighted by Gasteiger charge is -2.14. The number of hydrogen-bond donors (Lipinski definition) is 1. The van der Waals surface area contributed by atoms with E-state index in [2.05, 4.69) is 5.32 Å². The molecule has 1 saturated heterocycles. The normalized spacial score (nSPS) is 15.5. The quantitative estimate of drug-likeness (QED) is 0.644. The Bertz CT molecular complexity index is 877. The maximum Gasteiger partial charge on any atom is 0.281 e. The number of nitrogens with zero attached hydrogens (tertiary/aromatic N) is 1. The van der Waals surface area contributed by atoms with Gasteiger partial charge >= 0.3 is 0 Å². The zero-order valence-corrected chi connectivity index (χ0v) is 15.7. The van der Waals surface area contributed by atoms with E-state index in [1.165, 1.54) is 4.90 Å². The summed E-state index contributed by atoms with van der Waals surface area (Å²) < 4.78 is 11.0. The van der Waals surface area contributed by atoms with Gasteiger partial charge in [-0.3, -0.25) is 9.69 Å². The largest absolute Gasteiger partial charge is 0.497 e. The number of carbonyl (C=O) groups excluding carboxylic acids is 1. The van der Waals surface area contributed by atoms with Crippen LogP contribution < -0.4 is 19.7 Å². The van der Waals surface area contributed by atoms with E-state index in [1.807, 2.05) is 56.3 Å². The summed E-state index contributed by atoms with van der Waals surface area (Å²) in [4.78, 5) is 14.3. The molecule has 0 spiro atoms. The van der Waals surface area contributed by atoms with Crippen LogP contribution in [0.2, 0.25) is 0 Å². The first-order chi connectivity index (χ1) is 12.5. The summed E-state index contributed by atoms with van der Waals surface area (Å²) >= 11 is 5.36. The Labute approximate surface area is 158 Å². The van der Waals surface area contributed by atoms with Crippen molar-refractivity contribution in [2.24, 2.45) is 0 Å². The van der Waals surface area contributed by atoms with Crippen LogP contribution in [-0.4, -0.2) is 24.2 Å². The molecular weight excluding hydrogens is 348 g/mol. The Morgan fingerprint density at radius 3 is 2.65 bits per heavy atom. The van der Waals surface area contributed by atoms with Gasteiger partial charge in [-0.2, -0.15) is 0 Å². The average Bonchev–Trinajstić information content (AvgIpc) is 2.90. The van der Waals surface area contributed by atoms with Crippen LogP contribution in [0, 0.1) is 0 Å². The predicted octanol–water partition coefficient (Wildman–Crippen LogP) is 3.74. The van der Waals surface area contributed by atoms with E-state index in [1.54, 1.807) is 19.3 Å². The molecule has 1 amide bonds. The number of methoxy groups -OCH3 is 1. The second kappa shape index (κ2) is 7.58. The highest BCUT2D eigenvalue weighted by Crippen LogP contribution is 2.28. The highest BCUT2D eigenvalue weighted by molar-refractivity contribution is 7.80. The Hall–Kier alpha value is -2.86. The van der Waals surface area contributed by atoms with Crippen molar-refractivity contribution in [3.05, 3.63) is 59.8 Å². The molecule has 1 N–H and O–H groups in total. The molecule has 0 atom stereocenters. The third kappa shape index (κ3) is 3.70. The predicted molar refractivity (Wildman–Crippen MR) is 106 cm³/mol. The first-order valence-electron chi connectivity index (χ1n) is 8.26. The van der Waals surface area contributed by atoms with Crippen LogP contribution in [0.4, 0.5) is 5.69 Å². The first kappa shape index (κ1) is 17.9. The van der Waals surface area contributed by atoms with Crippen molar-refractivity contribution in [1.82, 2.24) is 5.32 Å². The number of thiocarbonyl (C=S) groups is 1. The van der Waals surface area contributed by atoms with Crippen molar-refractivity contribution >= 4 is 35.0 Å². The molecule has 2 aromatic carbocycles. The fraction of sp³-hybridized carbons (Fsp3) is 0.200. The SMILES string of the molecule is COc1cccc(N2C(=O)C(=Cc3ccccc3OC(C)C)NC2=S)c1. The maximum absolute atomic E-state index is 12.9. The zero-order valence-electron chi connectivity index (χ0n) is 14.9. The summed E-state index contributed by atoms with van der Waals surface area (Å²) in [5.74, 6) is 1.16. The summed E-state index contributed by atoms with van der Waals surface area (Å²) in [5.41, 5.74) is 1.87. The van der Waals surface area contributed by atoms with Gasteiger partial charge in [-0.05, 0) is 50.3 Å². The van der Waals surface area contributed by atoms with Gasteiger partial charge in [0.25, 0.3) is 5.91 Å². The maximum atomic E-state index is 12.9. The highest BCUT2D eigenvalue weighted by Gasteiger charge is 2.32. The van der Waals surface area contributed by atoms with Crippen molar-refractivity contribution in [2.75, 3.05) is 12.0 Å². The molecule has 1 aliphatic heterocycles. The lowest BCUT2D eigenvalue weighted by Crippen LogP contribution is -2.30. The summed E-state index contributed by atoms with van der Waals surface area (Å²) in [6.07, 6.45) is 1.79. The van der Waals surface area contributed by atoms with Gasteiger partial charge in [0.1, 0.15) is 17.2 Å². The number of anilines is 1. The van der Waals surface area contributed by atoms with Crippen molar-refractivity contribution < 1.29 is 14.3 Å². The van der Waals surface area contributed by atoms with E-state index in [9.17, 15) is 4.79 Å². The fourth-order valence-electron chi connectivity index (χ4n) is 2.64. The number of benzene rings is 2. The molecule has 1 heterocycles. The Balaban J connectivity index is 1.93. The lowest BCUT2D eigenvalue weighted by molar-refractivity contribution is -0.113. The number of rotatable bonds is 5. The smallest absolute Gasteiger partial charge is 0.281 e. The highest BCUT2D eigenvalue weighted by atomic mass is 32.1. The van der Waals surface area contributed by atoms with Crippen LogP contribution in [0.1, 0.15) is 19.4 Å². The van der Waals surface area contributed by atoms with Gasteiger partial charge in [0.15, 0.2) is 5.11 Å². The number of para-hydroxylation sites is 1. The van der Waals surface area contributed by atoms with E-state index >= 15 is 0 Å². The summed E-state index contributed by atoms with van der Waals surface area (Å²) in [6, 6.07) is 14.8. The van der Waals surface area contributed by atoms with Crippen LogP contribution in [0.25, 0.3) is 6.08 Å². The van der Waals surface area contributed by atoms with Crippen molar-refractivity contribution in [3.8, 4) is 11.5 Å². The van der Waals surface area contributed by atoms with Crippen LogP contribution in [0.3, 0.4) is 0 Å². The molecule has 0 unspecified atom stereocenters.